The van der Waals surface area contributed by atoms with Crippen molar-refractivity contribution in [1.29, 1.82) is 0 Å². The Morgan fingerprint density at radius 3 is 2.74 bits per heavy atom. The molecule has 2 nitrogen and oxygen atoms in total. The zero-order chi connectivity index (χ0) is 13.9. The average Bonchev–Trinajstić information content (AvgIpc) is 2.45. The van der Waals surface area contributed by atoms with Gasteiger partial charge in [0.15, 0.2) is 0 Å². The van der Waals surface area contributed by atoms with Gasteiger partial charge in [0.05, 0.1) is 11.6 Å². The fraction of sp³-hybridized carbons (Fsp3) is 0.529. The molecule has 2 rings (SSSR count). The maximum absolute atomic E-state index is 5.69. The summed E-state index contributed by atoms with van der Waals surface area (Å²) in [5.41, 5.74) is 1.32. The molecule has 1 saturated heterocycles. The van der Waals surface area contributed by atoms with Gasteiger partial charge in [0, 0.05) is 19.1 Å². The van der Waals surface area contributed by atoms with E-state index in [0.29, 0.717) is 6.04 Å². The van der Waals surface area contributed by atoms with E-state index in [0.717, 1.165) is 19.5 Å². The fourth-order valence-electron chi connectivity index (χ4n) is 2.93. The van der Waals surface area contributed by atoms with Gasteiger partial charge in [0.25, 0.3) is 0 Å². The zero-order valence-electron chi connectivity index (χ0n) is 12.2. The molecule has 2 heteroatoms. The Balaban J connectivity index is 2.24. The first-order chi connectivity index (χ1) is 9.10. The molecule has 1 N–H and O–H groups in total. The second-order valence-electron chi connectivity index (χ2n) is 5.69. The van der Waals surface area contributed by atoms with E-state index in [1.165, 1.54) is 5.56 Å². The predicted molar refractivity (Wildman–Crippen MR) is 80.9 cm³/mol. The molecule has 1 heterocycles. The van der Waals surface area contributed by atoms with Crippen LogP contribution >= 0.6 is 0 Å². The average molecular weight is 256 g/mol. The quantitative estimate of drug-likeness (QED) is 0.836. The van der Waals surface area contributed by atoms with Crippen LogP contribution in [-0.4, -0.2) is 30.1 Å². The summed E-state index contributed by atoms with van der Waals surface area (Å²) in [5.74, 6) is 2.94. The first-order valence-electron chi connectivity index (χ1n) is 7.13. The Morgan fingerprint density at radius 1 is 1.47 bits per heavy atom. The Hall–Kier alpha value is -1.30. The van der Waals surface area contributed by atoms with Crippen molar-refractivity contribution in [1.82, 2.24) is 10.2 Å². The van der Waals surface area contributed by atoms with Crippen LogP contribution in [0.1, 0.15) is 32.8 Å². The lowest BCUT2D eigenvalue weighted by molar-refractivity contribution is 0.0726. The van der Waals surface area contributed by atoms with Crippen molar-refractivity contribution in [3.8, 4) is 12.3 Å². The zero-order valence-corrected chi connectivity index (χ0v) is 12.2. The van der Waals surface area contributed by atoms with Crippen LogP contribution in [0.4, 0.5) is 0 Å². The van der Waals surface area contributed by atoms with E-state index in [1.807, 2.05) is 0 Å². The number of rotatable bonds is 3. The maximum Gasteiger partial charge on any atom is 0.0712 e. The Labute approximate surface area is 117 Å². The van der Waals surface area contributed by atoms with Gasteiger partial charge in [-0.2, -0.15) is 0 Å². The molecule has 1 aliphatic heterocycles. The first kappa shape index (κ1) is 14.1. The molecule has 0 aliphatic carbocycles. The molecule has 3 unspecified atom stereocenters. The molecule has 0 spiro atoms. The van der Waals surface area contributed by atoms with Gasteiger partial charge in [-0.25, -0.2) is 0 Å². The van der Waals surface area contributed by atoms with Gasteiger partial charge < -0.3 is 5.32 Å². The minimum absolute atomic E-state index is 0.0158. The number of hydrogen-bond donors (Lipinski definition) is 1. The van der Waals surface area contributed by atoms with Crippen LogP contribution in [0.3, 0.4) is 0 Å². The van der Waals surface area contributed by atoms with Crippen molar-refractivity contribution < 1.29 is 0 Å². The summed E-state index contributed by atoms with van der Waals surface area (Å²) >= 11 is 0. The fourth-order valence-corrected chi connectivity index (χ4v) is 2.93. The first-order valence-corrected chi connectivity index (χ1v) is 7.13. The lowest BCUT2D eigenvalue weighted by Gasteiger charge is -2.47. The summed E-state index contributed by atoms with van der Waals surface area (Å²) in [4.78, 5) is 2.46. The van der Waals surface area contributed by atoms with Gasteiger partial charge in [0.2, 0.25) is 0 Å². The third-order valence-corrected chi connectivity index (χ3v) is 4.24. The van der Waals surface area contributed by atoms with Gasteiger partial charge in [-0.1, -0.05) is 43.2 Å². The molecule has 1 fully saturated rings. The summed E-state index contributed by atoms with van der Waals surface area (Å²) in [6.07, 6.45) is 6.70. The highest BCUT2D eigenvalue weighted by atomic mass is 15.3. The highest BCUT2D eigenvalue weighted by Gasteiger charge is 2.37. The highest BCUT2D eigenvalue weighted by molar-refractivity contribution is 5.25. The topological polar surface area (TPSA) is 15.3 Å². The summed E-state index contributed by atoms with van der Waals surface area (Å²) in [7, 11) is 0. The van der Waals surface area contributed by atoms with E-state index < -0.39 is 0 Å². The molecule has 0 bridgehead atoms. The number of piperazine rings is 1. The molecule has 0 aromatic heterocycles. The summed E-state index contributed by atoms with van der Waals surface area (Å²) in [5, 5.41) is 3.68. The molecule has 1 aromatic rings. The van der Waals surface area contributed by atoms with Crippen LogP contribution in [0.2, 0.25) is 0 Å². The van der Waals surface area contributed by atoms with E-state index in [9.17, 15) is 0 Å². The third-order valence-electron chi connectivity index (χ3n) is 4.24. The number of hydrogen-bond acceptors (Lipinski definition) is 2. The minimum Gasteiger partial charge on any atom is -0.305 e. The van der Waals surface area contributed by atoms with Gasteiger partial charge in [-0.15, -0.1) is 6.42 Å². The van der Waals surface area contributed by atoms with E-state index in [2.05, 4.69) is 67.2 Å². The molecule has 1 aromatic carbocycles. The van der Waals surface area contributed by atoms with Crippen molar-refractivity contribution in [2.75, 3.05) is 13.1 Å². The van der Waals surface area contributed by atoms with Gasteiger partial charge in [-0.05, 0) is 25.8 Å². The van der Waals surface area contributed by atoms with Gasteiger partial charge in [0.1, 0.15) is 0 Å². The SMILES string of the molecule is C#CC(CC)N1CC(C)(c2ccccc2)NCC1C. The van der Waals surface area contributed by atoms with Crippen LogP contribution in [0.5, 0.6) is 0 Å². The summed E-state index contributed by atoms with van der Waals surface area (Å²) < 4.78 is 0. The standard InChI is InChI=1S/C17H24N2/c1-5-16(6-2)19-13-17(4,18-12-14(19)3)15-10-8-7-9-11-15/h1,7-11,14,16,18H,6,12-13H2,2-4H3. The number of benzene rings is 1. The maximum atomic E-state index is 5.69. The van der Waals surface area contributed by atoms with Crippen molar-refractivity contribution in [3.05, 3.63) is 35.9 Å². The largest absolute Gasteiger partial charge is 0.305 e. The van der Waals surface area contributed by atoms with Crippen LogP contribution < -0.4 is 5.32 Å². The molecular weight excluding hydrogens is 232 g/mol. The highest BCUT2D eigenvalue weighted by Crippen LogP contribution is 2.27. The van der Waals surface area contributed by atoms with Crippen LogP contribution in [-0.2, 0) is 5.54 Å². The van der Waals surface area contributed by atoms with Crippen LogP contribution in [0, 0.1) is 12.3 Å². The van der Waals surface area contributed by atoms with Gasteiger partial charge >= 0.3 is 0 Å². The van der Waals surface area contributed by atoms with Crippen LogP contribution in [0.25, 0.3) is 0 Å². The van der Waals surface area contributed by atoms with Crippen molar-refractivity contribution in [3.63, 3.8) is 0 Å². The van der Waals surface area contributed by atoms with Crippen molar-refractivity contribution in [2.24, 2.45) is 0 Å². The molecule has 3 atom stereocenters. The van der Waals surface area contributed by atoms with Crippen molar-refractivity contribution in [2.45, 2.75) is 44.8 Å². The van der Waals surface area contributed by atoms with E-state index in [1.54, 1.807) is 0 Å². The summed E-state index contributed by atoms with van der Waals surface area (Å²) in [6, 6.07) is 11.4. The number of nitrogens with zero attached hydrogens (tertiary/aromatic N) is 1. The Kier molecular flexibility index (Phi) is 4.29. The molecule has 0 saturated carbocycles. The van der Waals surface area contributed by atoms with Gasteiger partial charge in [-0.3, -0.25) is 4.90 Å². The molecule has 1 aliphatic rings. The normalized spacial score (nSPS) is 29.7. The Morgan fingerprint density at radius 2 is 2.16 bits per heavy atom. The van der Waals surface area contributed by atoms with E-state index in [-0.39, 0.29) is 11.6 Å². The van der Waals surface area contributed by atoms with E-state index in [4.69, 9.17) is 6.42 Å². The molecular formula is C17H24N2. The second-order valence-corrected chi connectivity index (χ2v) is 5.69. The number of nitrogens with one attached hydrogen (secondary N) is 1. The lowest BCUT2D eigenvalue weighted by Crippen LogP contribution is -2.62. The molecule has 19 heavy (non-hydrogen) atoms. The smallest absolute Gasteiger partial charge is 0.0712 e. The minimum atomic E-state index is -0.0158. The predicted octanol–water partition coefficient (Wildman–Crippen LogP) is 2.61. The molecule has 0 amide bonds. The van der Waals surface area contributed by atoms with Crippen molar-refractivity contribution >= 4 is 0 Å². The molecule has 0 radical (unpaired) electrons. The third kappa shape index (κ3) is 2.83. The lowest BCUT2D eigenvalue weighted by atomic mass is 9.87. The summed E-state index contributed by atoms with van der Waals surface area (Å²) in [6.45, 7) is 8.62. The second kappa shape index (κ2) is 5.77. The molecule has 102 valence electrons. The Bertz CT molecular complexity index is 448. The monoisotopic (exact) mass is 256 g/mol. The van der Waals surface area contributed by atoms with Crippen LogP contribution in [0.15, 0.2) is 30.3 Å². The number of terminal acetylenes is 1. The van der Waals surface area contributed by atoms with E-state index >= 15 is 0 Å².